The maximum Gasteiger partial charge on any atom is 0.328 e. The molecule has 21 heavy (non-hydrogen) atoms. The van der Waals surface area contributed by atoms with Crippen LogP contribution in [0, 0.1) is 6.92 Å². The smallest absolute Gasteiger partial charge is 0.328 e. The van der Waals surface area contributed by atoms with Crippen LogP contribution in [0.15, 0.2) is 33.9 Å². The van der Waals surface area contributed by atoms with Gasteiger partial charge < -0.3 is 14.3 Å². The number of nitrogens with zero attached hydrogens (tertiary/aromatic N) is 2. The third-order valence-electron chi connectivity index (χ3n) is 2.61. The minimum absolute atomic E-state index is 0.475. The van der Waals surface area contributed by atoms with Gasteiger partial charge >= 0.3 is 5.97 Å². The minimum atomic E-state index is -0.989. The normalized spacial score (nSPS) is 11.0. The fraction of sp³-hybridized carbons (Fsp3) is 0.214. The Morgan fingerprint density at radius 1 is 1.48 bits per heavy atom. The zero-order valence-corrected chi connectivity index (χ0v) is 12.4. The minimum Gasteiger partial charge on any atom is -0.497 e. The van der Waals surface area contributed by atoms with Crippen LogP contribution >= 0.6 is 11.8 Å². The van der Waals surface area contributed by atoms with Crippen molar-refractivity contribution in [1.82, 2.24) is 10.2 Å². The summed E-state index contributed by atoms with van der Waals surface area (Å²) in [4.78, 5) is 10.6. The number of thioether (sulfide) groups is 1. The van der Waals surface area contributed by atoms with Crippen LogP contribution < -0.4 is 4.74 Å². The second kappa shape index (κ2) is 6.94. The predicted octanol–water partition coefficient (Wildman–Crippen LogP) is 2.78. The molecular weight excluding hydrogens is 292 g/mol. The molecule has 0 amide bonds. The zero-order valence-electron chi connectivity index (χ0n) is 11.6. The first-order valence-corrected chi connectivity index (χ1v) is 7.08. The number of ether oxygens (including phenoxy) is 1. The Morgan fingerprint density at radius 2 is 2.29 bits per heavy atom. The maximum absolute atomic E-state index is 10.6. The molecule has 1 heterocycles. The summed E-state index contributed by atoms with van der Waals surface area (Å²) in [6, 6.07) is 5.46. The molecule has 0 saturated heterocycles. The molecule has 1 aromatic heterocycles. The largest absolute Gasteiger partial charge is 0.497 e. The Hall–Kier alpha value is -2.28. The van der Waals surface area contributed by atoms with Gasteiger partial charge in [0.2, 0.25) is 5.89 Å². The highest BCUT2D eigenvalue weighted by atomic mass is 32.2. The number of aliphatic carboxylic acids is 1. The van der Waals surface area contributed by atoms with Gasteiger partial charge in [-0.05, 0) is 29.3 Å². The highest BCUT2D eigenvalue weighted by molar-refractivity contribution is 7.98. The van der Waals surface area contributed by atoms with E-state index in [-0.39, 0.29) is 0 Å². The molecule has 0 spiro atoms. The Labute approximate surface area is 125 Å². The Kier molecular flexibility index (Phi) is 4.99. The van der Waals surface area contributed by atoms with E-state index in [4.69, 9.17) is 14.3 Å². The van der Waals surface area contributed by atoms with Gasteiger partial charge in [-0.3, -0.25) is 0 Å². The van der Waals surface area contributed by atoms with Crippen LogP contribution in [-0.4, -0.2) is 28.4 Å². The van der Waals surface area contributed by atoms with E-state index in [2.05, 4.69) is 10.2 Å². The summed E-state index contributed by atoms with van der Waals surface area (Å²) in [6.45, 7) is 1.73. The van der Waals surface area contributed by atoms with Gasteiger partial charge in [0.15, 0.2) is 0 Å². The second-order valence-corrected chi connectivity index (χ2v) is 5.04. The molecule has 0 aliphatic heterocycles. The standard InChI is InChI=1S/C14H14N2O4S/c1-9-15-16-14(20-9)21-8-11-7-12(19-2)5-3-10(11)4-6-13(17)18/h3-7H,8H2,1-2H3,(H,17,18). The number of carbonyl (C=O) groups is 1. The van der Waals surface area contributed by atoms with Gasteiger partial charge in [-0.15, -0.1) is 10.2 Å². The SMILES string of the molecule is COc1ccc(C=CC(=O)O)c(CSc2nnc(C)o2)c1. The molecule has 0 saturated carbocycles. The fourth-order valence-electron chi connectivity index (χ4n) is 1.63. The van der Waals surface area contributed by atoms with Crippen molar-refractivity contribution >= 4 is 23.8 Å². The van der Waals surface area contributed by atoms with E-state index in [1.807, 2.05) is 12.1 Å². The van der Waals surface area contributed by atoms with Gasteiger partial charge in [-0.1, -0.05) is 17.8 Å². The highest BCUT2D eigenvalue weighted by Gasteiger charge is 2.08. The lowest BCUT2D eigenvalue weighted by Crippen LogP contribution is -1.92. The molecule has 7 heteroatoms. The van der Waals surface area contributed by atoms with Gasteiger partial charge in [0.1, 0.15) is 5.75 Å². The summed E-state index contributed by atoms with van der Waals surface area (Å²) in [6.07, 6.45) is 2.66. The molecule has 2 rings (SSSR count). The highest BCUT2D eigenvalue weighted by Crippen LogP contribution is 2.27. The molecule has 6 nitrogen and oxygen atoms in total. The molecule has 0 aliphatic rings. The second-order valence-electron chi connectivity index (χ2n) is 4.11. The van der Waals surface area contributed by atoms with Crippen molar-refractivity contribution < 1.29 is 19.1 Å². The van der Waals surface area contributed by atoms with Crippen LogP contribution in [0.1, 0.15) is 17.0 Å². The number of aryl methyl sites for hydroxylation is 1. The lowest BCUT2D eigenvalue weighted by Gasteiger charge is -2.07. The van der Waals surface area contributed by atoms with Crippen molar-refractivity contribution in [3.8, 4) is 5.75 Å². The van der Waals surface area contributed by atoms with Crippen molar-refractivity contribution in [1.29, 1.82) is 0 Å². The van der Waals surface area contributed by atoms with Crippen LogP contribution in [-0.2, 0) is 10.5 Å². The molecule has 1 aromatic carbocycles. The number of benzene rings is 1. The van der Waals surface area contributed by atoms with Gasteiger partial charge in [0.05, 0.1) is 7.11 Å². The molecule has 0 unspecified atom stereocenters. The Bertz CT molecular complexity index is 667. The molecular formula is C14H14N2O4S. The summed E-state index contributed by atoms with van der Waals surface area (Å²) in [5.41, 5.74) is 1.73. The van der Waals surface area contributed by atoms with Crippen LogP contribution in [0.5, 0.6) is 5.75 Å². The van der Waals surface area contributed by atoms with E-state index in [0.29, 0.717) is 22.6 Å². The molecule has 0 aliphatic carbocycles. The van der Waals surface area contributed by atoms with Gasteiger partial charge in [-0.25, -0.2) is 4.79 Å². The number of carboxylic acid groups (broad SMARTS) is 1. The molecule has 1 N–H and O–H groups in total. The third-order valence-corrected chi connectivity index (χ3v) is 3.48. The first-order chi connectivity index (χ1) is 10.1. The lowest BCUT2D eigenvalue weighted by atomic mass is 10.1. The van der Waals surface area contributed by atoms with E-state index in [9.17, 15) is 4.79 Å². The van der Waals surface area contributed by atoms with Crippen molar-refractivity contribution in [2.24, 2.45) is 0 Å². The van der Waals surface area contributed by atoms with E-state index >= 15 is 0 Å². The number of carboxylic acids is 1. The summed E-state index contributed by atoms with van der Waals surface area (Å²) in [5, 5.41) is 16.9. The average Bonchev–Trinajstić information content (AvgIpc) is 2.88. The van der Waals surface area contributed by atoms with E-state index in [0.717, 1.165) is 17.2 Å². The van der Waals surface area contributed by atoms with Crippen LogP contribution in [0.3, 0.4) is 0 Å². The Balaban J connectivity index is 2.19. The first kappa shape index (κ1) is 15.1. The summed E-state index contributed by atoms with van der Waals surface area (Å²) in [5.74, 6) is 0.795. The topological polar surface area (TPSA) is 85.5 Å². The maximum atomic E-state index is 10.6. The molecule has 0 fully saturated rings. The number of hydrogen-bond acceptors (Lipinski definition) is 6. The van der Waals surface area contributed by atoms with Crippen molar-refractivity contribution in [3.05, 3.63) is 41.3 Å². The zero-order chi connectivity index (χ0) is 15.2. The molecule has 110 valence electrons. The van der Waals surface area contributed by atoms with Crippen molar-refractivity contribution in [2.45, 2.75) is 17.9 Å². The molecule has 0 radical (unpaired) electrons. The van der Waals surface area contributed by atoms with E-state index < -0.39 is 5.97 Å². The lowest BCUT2D eigenvalue weighted by molar-refractivity contribution is -0.131. The van der Waals surface area contributed by atoms with Crippen LogP contribution in [0.25, 0.3) is 6.08 Å². The molecule has 0 bridgehead atoms. The van der Waals surface area contributed by atoms with Gasteiger partial charge in [0.25, 0.3) is 5.22 Å². The average molecular weight is 306 g/mol. The number of rotatable bonds is 6. The first-order valence-electron chi connectivity index (χ1n) is 6.09. The quantitative estimate of drug-likeness (QED) is 0.648. The molecule has 2 aromatic rings. The monoisotopic (exact) mass is 306 g/mol. The fourth-order valence-corrected chi connectivity index (χ4v) is 2.44. The van der Waals surface area contributed by atoms with Crippen molar-refractivity contribution in [3.63, 3.8) is 0 Å². The summed E-state index contributed by atoms with van der Waals surface area (Å²) in [7, 11) is 1.58. The van der Waals surface area contributed by atoms with Gasteiger partial charge in [0, 0.05) is 18.8 Å². The summed E-state index contributed by atoms with van der Waals surface area (Å²) < 4.78 is 10.5. The van der Waals surface area contributed by atoms with Gasteiger partial charge in [-0.2, -0.15) is 0 Å². The predicted molar refractivity (Wildman–Crippen MR) is 78.3 cm³/mol. The van der Waals surface area contributed by atoms with Crippen molar-refractivity contribution in [2.75, 3.05) is 7.11 Å². The number of methoxy groups -OCH3 is 1. The third kappa shape index (κ3) is 4.35. The Morgan fingerprint density at radius 3 is 2.90 bits per heavy atom. The van der Waals surface area contributed by atoms with Crippen LogP contribution in [0.2, 0.25) is 0 Å². The van der Waals surface area contributed by atoms with E-state index in [1.165, 1.54) is 11.8 Å². The summed E-state index contributed by atoms with van der Waals surface area (Å²) >= 11 is 1.38. The number of aromatic nitrogens is 2. The number of hydrogen-bond donors (Lipinski definition) is 1. The van der Waals surface area contributed by atoms with Crippen LogP contribution in [0.4, 0.5) is 0 Å². The molecule has 0 atom stereocenters. The van der Waals surface area contributed by atoms with E-state index in [1.54, 1.807) is 26.2 Å².